The zero-order valence-corrected chi connectivity index (χ0v) is 12.4. The molecule has 0 unspecified atom stereocenters. The van der Waals surface area contributed by atoms with E-state index in [1.54, 1.807) is 0 Å². The molecular formula is C12H18ClIN2. The first kappa shape index (κ1) is 14.2. The quantitative estimate of drug-likeness (QED) is 0.582. The Hall–Kier alpha value is 0.160. The number of rotatable bonds is 7. The lowest BCUT2D eigenvalue weighted by Gasteiger charge is -2.07. The zero-order chi connectivity index (χ0) is 11.8. The Morgan fingerprint density at radius 2 is 2.00 bits per heavy atom. The molecule has 1 rings (SSSR count). The molecule has 16 heavy (non-hydrogen) atoms. The molecule has 2 nitrogen and oxygen atoms in total. The fraction of sp³-hybridized carbons (Fsp3) is 0.500. The Bertz CT molecular complexity index is 318. The summed E-state index contributed by atoms with van der Waals surface area (Å²) in [4.78, 5) is 0. The molecule has 1 aromatic rings. The average Bonchev–Trinajstić information content (AvgIpc) is 2.28. The predicted molar refractivity (Wildman–Crippen MR) is 79.0 cm³/mol. The summed E-state index contributed by atoms with van der Waals surface area (Å²) in [6.45, 7) is 6.19. The number of hydrogen-bond acceptors (Lipinski definition) is 2. The molecule has 0 saturated carbocycles. The van der Waals surface area contributed by atoms with Crippen molar-refractivity contribution in [3.05, 3.63) is 32.4 Å². The SMILES string of the molecule is CCNCCCNCc1cc(Cl)ccc1I. The molecule has 0 fully saturated rings. The van der Waals surface area contributed by atoms with Gasteiger partial charge in [0.15, 0.2) is 0 Å². The summed E-state index contributed by atoms with van der Waals surface area (Å²) in [5.41, 5.74) is 1.27. The lowest BCUT2D eigenvalue weighted by Crippen LogP contribution is -2.21. The van der Waals surface area contributed by atoms with Crippen LogP contribution in [0.25, 0.3) is 0 Å². The maximum Gasteiger partial charge on any atom is 0.0409 e. The molecule has 0 aliphatic heterocycles. The molecule has 90 valence electrons. The molecule has 1 aromatic carbocycles. The van der Waals surface area contributed by atoms with Gasteiger partial charge in [0.1, 0.15) is 0 Å². The highest BCUT2D eigenvalue weighted by Gasteiger charge is 1.99. The molecule has 2 N–H and O–H groups in total. The summed E-state index contributed by atoms with van der Waals surface area (Å²) >= 11 is 8.30. The monoisotopic (exact) mass is 352 g/mol. The summed E-state index contributed by atoms with van der Waals surface area (Å²) < 4.78 is 1.26. The van der Waals surface area contributed by atoms with E-state index < -0.39 is 0 Å². The third kappa shape index (κ3) is 5.48. The van der Waals surface area contributed by atoms with Crippen LogP contribution in [0.15, 0.2) is 18.2 Å². The highest BCUT2D eigenvalue weighted by Crippen LogP contribution is 2.17. The van der Waals surface area contributed by atoms with Crippen molar-refractivity contribution in [2.75, 3.05) is 19.6 Å². The molecule has 0 heterocycles. The van der Waals surface area contributed by atoms with Gasteiger partial charge < -0.3 is 10.6 Å². The first-order chi connectivity index (χ1) is 7.74. The van der Waals surface area contributed by atoms with Crippen molar-refractivity contribution in [1.29, 1.82) is 0 Å². The molecule has 0 spiro atoms. The van der Waals surface area contributed by atoms with E-state index in [9.17, 15) is 0 Å². The van der Waals surface area contributed by atoms with Crippen molar-refractivity contribution < 1.29 is 0 Å². The fourth-order valence-electron chi connectivity index (χ4n) is 1.42. The van der Waals surface area contributed by atoms with Gasteiger partial charge in [0.05, 0.1) is 0 Å². The lowest BCUT2D eigenvalue weighted by molar-refractivity contribution is 0.605. The van der Waals surface area contributed by atoms with Crippen LogP contribution in [-0.2, 0) is 6.54 Å². The molecule has 4 heteroatoms. The second-order valence-electron chi connectivity index (χ2n) is 3.62. The van der Waals surface area contributed by atoms with Gasteiger partial charge in [0, 0.05) is 15.1 Å². The van der Waals surface area contributed by atoms with Gasteiger partial charge >= 0.3 is 0 Å². The van der Waals surface area contributed by atoms with E-state index in [1.807, 2.05) is 12.1 Å². The molecule has 0 amide bonds. The maximum absolute atomic E-state index is 5.96. The van der Waals surface area contributed by atoms with Gasteiger partial charge in [0.25, 0.3) is 0 Å². The molecule has 0 atom stereocenters. The van der Waals surface area contributed by atoms with E-state index in [2.05, 4.69) is 46.2 Å². The van der Waals surface area contributed by atoms with Crippen LogP contribution in [0.4, 0.5) is 0 Å². The van der Waals surface area contributed by atoms with Crippen LogP contribution < -0.4 is 10.6 Å². The van der Waals surface area contributed by atoms with Crippen LogP contribution in [0.2, 0.25) is 5.02 Å². The van der Waals surface area contributed by atoms with Gasteiger partial charge in [-0.05, 0) is 72.4 Å². The lowest BCUT2D eigenvalue weighted by atomic mass is 10.2. The summed E-state index contributed by atoms with van der Waals surface area (Å²) in [7, 11) is 0. The van der Waals surface area contributed by atoms with Crippen molar-refractivity contribution in [2.24, 2.45) is 0 Å². The largest absolute Gasteiger partial charge is 0.317 e. The van der Waals surface area contributed by atoms with Crippen LogP contribution in [0.1, 0.15) is 18.9 Å². The first-order valence-corrected chi connectivity index (χ1v) is 7.05. The second kappa shape index (κ2) is 8.28. The van der Waals surface area contributed by atoms with E-state index in [1.165, 1.54) is 9.13 Å². The number of halogens is 2. The van der Waals surface area contributed by atoms with Gasteiger partial charge in [-0.15, -0.1) is 0 Å². The molecule has 0 bridgehead atoms. The van der Waals surface area contributed by atoms with Crippen LogP contribution in [-0.4, -0.2) is 19.6 Å². The van der Waals surface area contributed by atoms with Crippen LogP contribution in [0.3, 0.4) is 0 Å². The molecule has 0 radical (unpaired) electrons. The molecule has 0 aliphatic carbocycles. The Morgan fingerprint density at radius 3 is 2.75 bits per heavy atom. The number of hydrogen-bond donors (Lipinski definition) is 2. The average molecular weight is 353 g/mol. The Balaban J connectivity index is 2.23. The van der Waals surface area contributed by atoms with Gasteiger partial charge in [-0.25, -0.2) is 0 Å². The summed E-state index contributed by atoms with van der Waals surface area (Å²) in [6, 6.07) is 6.01. The fourth-order valence-corrected chi connectivity index (χ4v) is 2.14. The highest BCUT2D eigenvalue weighted by molar-refractivity contribution is 14.1. The standard InChI is InChI=1S/C12H18ClIN2/c1-2-15-6-3-7-16-9-10-8-11(13)4-5-12(10)14/h4-5,8,15-16H,2-3,6-7,9H2,1H3. The smallest absolute Gasteiger partial charge is 0.0409 e. The zero-order valence-electron chi connectivity index (χ0n) is 9.52. The van der Waals surface area contributed by atoms with E-state index in [0.717, 1.165) is 37.6 Å². The van der Waals surface area contributed by atoms with Crippen molar-refractivity contribution in [2.45, 2.75) is 19.9 Å². The minimum absolute atomic E-state index is 0.810. The van der Waals surface area contributed by atoms with Gasteiger partial charge in [-0.2, -0.15) is 0 Å². The van der Waals surface area contributed by atoms with Crippen molar-refractivity contribution in [1.82, 2.24) is 10.6 Å². The predicted octanol–water partition coefficient (Wildman–Crippen LogP) is 3.03. The molecule has 0 aromatic heterocycles. The van der Waals surface area contributed by atoms with Crippen molar-refractivity contribution in [3.8, 4) is 0 Å². The number of benzene rings is 1. The Morgan fingerprint density at radius 1 is 1.25 bits per heavy atom. The summed E-state index contributed by atoms with van der Waals surface area (Å²) in [6.07, 6.45) is 1.16. The van der Waals surface area contributed by atoms with Gasteiger partial charge in [0.2, 0.25) is 0 Å². The van der Waals surface area contributed by atoms with Crippen LogP contribution in [0.5, 0.6) is 0 Å². The Kier molecular flexibility index (Phi) is 7.36. The third-order valence-electron chi connectivity index (χ3n) is 2.28. The second-order valence-corrected chi connectivity index (χ2v) is 5.22. The minimum Gasteiger partial charge on any atom is -0.317 e. The van der Waals surface area contributed by atoms with Gasteiger partial charge in [-0.3, -0.25) is 0 Å². The molecule has 0 aliphatic rings. The number of nitrogens with one attached hydrogen (secondary N) is 2. The molecular weight excluding hydrogens is 335 g/mol. The first-order valence-electron chi connectivity index (χ1n) is 5.59. The van der Waals surface area contributed by atoms with Crippen molar-refractivity contribution in [3.63, 3.8) is 0 Å². The summed E-state index contributed by atoms with van der Waals surface area (Å²) in [5, 5.41) is 7.54. The van der Waals surface area contributed by atoms with E-state index in [0.29, 0.717) is 0 Å². The van der Waals surface area contributed by atoms with E-state index in [4.69, 9.17) is 11.6 Å². The van der Waals surface area contributed by atoms with E-state index in [-0.39, 0.29) is 0 Å². The van der Waals surface area contributed by atoms with Gasteiger partial charge in [-0.1, -0.05) is 18.5 Å². The highest BCUT2D eigenvalue weighted by atomic mass is 127. The topological polar surface area (TPSA) is 24.1 Å². The van der Waals surface area contributed by atoms with Crippen molar-refractivity contribution >= 4 is 34.2 Å². The summed E-state index contributed by atoms with van der Waals surface area (Å²) in [5.74, 6) is 0. The Labute approximate surface area is 116 Å². The van der Waals surface area contributed by atoms with E-state index >= 15 is 0 Å². The molecule has 0 saturated heterocycles. The third-order valence-corrected chi connectivity index (χ3v) is 3.57. The normalized spacial score (nSPS) is 10.7. The van der Waals surface area contributed by atoms with Crippen LogP contribution >= 0.6 is 34.2 Å². The minimum atomic E-state index is 0.810. The van der Waals surface area contributed by atoms with Crippen LogP contribution in [0, 0.1) is 3.57 Å². The maximum atomic E-state index is 5.96.